The van der Waals surface area contributed by atoms with Gasteiger partial charge in [0.15, 0.2) is 0 Å². The first-order valence-electron chi connectivity index (χ1n) is 6.20. The van der Waals surface area contributed by atoms with Gasteiger partial charge in [-0.3, -0.25) is 4.79 Å². The molecule has 0 fully saturated rings. The molecule has 0 aliphatic heterocycles. The van der Waals surface area contributed by atoms with Crippen LogP contribution < -0.4 is 11.1 Å². The molecule has 0 atom stereocenters. The van der Waals surface area contributed by atoms with Gasteiger partial charge in [0, 0.05) is 5.56 Å². The first-order chi connectivity index (χ1) is 10.1. The van der Waals surface area contributed by atoms with E-state index in [0.29, 0.717) is 11.3 Å². The molecule has 0 radical (unpaired) electrons. The van der Waals surface area contributed by atoms with Crippen molar-refractivity contribution in [3.63, 3.8) is 0 Å². The van der Waals surface area contributed by atoms with Crippen LogP contribution in [0.2, 0.25) is 0 Å². The minimum atomic E-state index is -0.793. The number of carbonyl (C=O) groups excluding carboxylic acids is 1. The molecular formula is C16H13FN2O2. The summed E-state index contributed by atoms with van der Waals surface area (Å²) in [6.45, 7) is 0.191. The zero-order valence-corrected chi connectivity index (χ0v) is 11.1. The van der Waals surface area contributed by atoms with Crippen molar-refractivity contribution in [3.8, 4) is 17.6 Å². The predicted molar refractivity (Wildman–Crippen MR) is 78.4 cm³/mol. The van der Waals surface area contributed by atoms with Gasteiger partial charge in [0.05, 0.1) is 12.2 Å². The second kappa shape index (κ2) is 6.55. The molecule has 0 aliphatic rings. The number of para-hydroxylation sites is 1. The molecule has 0 aromatic heterocycles. The summed E-state index contributed by atoms with van der Waals surface area (Å²) in [5.74, 6) is 3.54. The van der Waals surface area contributed by atoms with Crippen LogP contribution in [0, 0.1) is 17.7 Å². The number of nitrogens with one attached hydrogen (secondary N) is 1. The Morgan fingerprint density at radius 1 is 1.24 bits per heavy atom. The number of phenols is 1. The molecule has 0 spiro atoms. The maximum atomic E-state index is 13.6. The predicted octanol–water partition coefficient (Wildman–Crippen LogP) is 2.09. The van der Waals surface area contributed by atoms with Crippen LogP contribution in [0.1, 0.15) is 15.9 Å². The molecule has 2 aromatic rings. The highest BCUT2D eigenvalue weighted by Gasteiger charge is 2.17. The number of amides is 1. The minimum Gasteiger partial charge on any atom is -0.507 e. The Kier molecular flexibility index (Phi) is 4.54. The van der Waals surface area contributed by atoms with Gasteiger partial charge in [-0.05, 0) is 24.3 Å². The van der Waals surface area contributed by atoms with Crippen LogP contribution in [0.3, 0.4) is 0 Å². The maximum Gasteiger partial charge on any atom is 0.262 e. The van der Waals surface area contributed by atoms with Gasteiger partial charge >= 0.3 is 0 Å². The van der Waals surface area contributed by atoms with Crippen LogP contribution in [0.4, 0.5) is 10.1 Å². The minimum absolute atomic E-state index is 0.191. The lowest BCUT2D eigenvalue weighted by atomic mass is 10.1. The lowest BCUT2D eigenvalue weighted by Gasteiger charge is -2.09. The van der Waals surface area contributed by atoms with Crippen molar-refractivity contribution in [1.82, 2.24) is 0 Å². The van der Waals surface area contributed by atoms with Gasteiger partial charge < -0.3 is 16.2 Å². The van der Waals surface area contributed by atoms with Gasteiger partial charge in [0.2, 0.25) is 0 Å². The van der Waals surface area contributed by atoms with Gasteiger partial charge in [-0.2, -0.15) is 0 Å². The molecule has 0 saturated carbocycles. The van der Waals surface area contributed by atoms with E-state index in [1.54, 1.807) is 24.3 Å². The number of benzene rings is 2. The molecule has 5 heteroatoms. The van der Waals surface area contributed by atoms with E-state index in [1.807, 2.05) is 0 Å². The Bertz CT molecular complexity index is 712. The van der Waals surface area contributed by atoms with E-state index in [1.165, 1.54) is 12.1 Å². The van der Waals surface area contributed by atoms with Crippen LogP contribution in [0.5, 0.6) is 5.75 Å². The second-order valence-electron chi connectivity index (χ2n) is 4.14. The van der Waals surface area contributed by atoms with Gasteiger partial charge in [-0.1, -0.05) is 30.0 Å². The fraction of sp³-hybridized carbons (Fsp3) is 0.0625. The van der Waals surface area contributed by atoms with E-state index < -0.39 is 23.0 Å². The fourth-order valence-electron chi connectivity index (χ4n) is 1.77. The fourth-order valence-corrected chi connectivity index (χ4v) is 1.77. The summed E-state index contributed by atoms with van der Waals surface area (Å²) < 4.78 is 13.6. The average molecular weight is 284 g/mol. The number of phenolic OH excluding ortho intramolecular Hbond substituents is 1. The molecule has 0 heterocycles. The van der Waals surface area contributed by atoms with Crippen LogP contribution in [-0.4, -0.2) is 17.6 Å². The lowest BCUT2D eigenvalue weighted by molar-refractivity contribution is 0.102. The van der Waals surface area contributed by atoms with E-state index in [4.69, 9.17) is 5.73 Å². The summed E-state index contributed by atoms with van der Waals surface area (Å²) in [7, 11) is 0. The Hall–Kier alpha value is -2.84. The molecule has 0 saturated heterocycles. The molecular weight excluding hydrogens is 271 g/mol. The molecule has 1 amide bonds. The van der Waals surface area contributed by atoms with Crippen LogP contribution in [0.25, 0.3) is 0 Å². The van der Waals surface area contributed by atoms with E-state index in [2.05, 4.69) is 17.2 Å². The van der Waals surface area contributed by atoms with E-state index in [-0.39, 0.29) is 6.54 Å². The number of halogens is 1. The summed E-state index contributed by atoms with van der Waals surface area (Å²) in [6, 6.07) is 10.5. The highest BCUT2D eigenvalue weighted by atomic mass is 19.1. The van der Waals surface area contributed by atoms with Gasteiger partial charge in [-0.25, -0.2) is 4.39 Å². The number of nitrogens with two attached hydrogens (primary N) is 1. The van der Waals surface area contributed by atoms with E-state index >= 15 is 0 Å². The van der Waals surface area contributed by atoms with Gasteiger partial charge in [0.25, 0.3) is 5.91 Å². The number of carbonyl (C=O) groups is 1. The summed E-state index contributed by atoms with van der Waals surface area (Å²) in [4.78, 5) is 12.1. The Morgan fingerprint density at radius 2 is 2.00 bits per heavy atom. The molecule has 2 aromatic carbocycles. The monoisotopic (exact) mass is 284 g/mol. The quantitative estimate of drug-likeness (QED) is 0.739. The molecule has 0 bridgehead atoms. The van der Waals surface area contributed by atoms with Crippen molar-refractivity contribution < 1.29 is 14.3 Å². The Morgan fingerprint density at radius 3 is 2.71 bits per heavy atom. The summed E-state index contributed by atoms with van der Waals surface area (Å²) >= 11 is 0. The lowest BCUT2D eigenvalue weighted by Crippen LogP contribution is -2.14. The summed E-state index contributed by atoms with van der Waals surface area (Å²) in [5.41, 5.74) is 5.90. The molecule has 21 heavy (non-hydrogen) atoms. The topological polar surface area (TPSA) is 75.3 Å². The second-order valence-corrected chi connectivity index (χ2v) is 4.14. The number of hydrogen-bond acceptors (Lipinski definition) is 3. The summed E-state index contributed by atoms with van der Waals surface area (Å²) in [6.07, 6.45) is 0. The smallest absolute Gasteiger partial charge is 0.262 e. The molecule has 0 unspecified atom stereocenters. The molecule has 4 N–H and O–H groups in total. The third-order valence-electron chi connectivity index (χ3n) is 2.72. The number of rotatable bonds is 2. The third kappa shape index (κ3) is 3.38. The maximum absolute atomic E-state index is 13.6. The Labute approximate surface area is 121 Å². The number of anilines is 1. The van der Waals surface area contributed by atoms with Crippen LogP contribution in [-0.2, 0) is 0 Å². The highest BCUT2D eigenvalue weighted by Crippen LogP contribution is 2.22. The van der Waals surface area contributed by atoms with E-state index in [9.17, 15) is 14.3 Å². The van der Waals surface area contributed by atoms with Crippen molar-refractivity contribution in [2.24, 2.45) is 5.73 Å². The van der Waals surface area contributed by atoms with Gasteiger partial charge in [0.1, 0.15) is 17.1 Å². The average Bonchev–Trinajstić information content (AvgIpc) is 2.46. The zero-order valence-electron chi connectivity index (χ0n) is 11.1. The van der Waals surface area contributed by atoms with Crippen molar-refractivity contribution in [1.29, 1.82) is 0 Å². The van der Waals surface area contributed by atoms with E-state index in [0.717, 1.165) is 6.07 Å². The van der Waals surface area contributed by atoms with Crippen molar-refractivity contribution in [2.75, 3.05) is 11.9 Å². The number of aromatic hydroxyl groups is 1. The van der Waals surface area contributed by atoms with Crippen molar-refractivity contribution >= 4 is 11.6 Å². The van der Waals surface area contributed by atoms with Crippen LogP contribution in [0.15, 0.2) is 42.5 Å². The zero-order chi connectivity index (χ0) is 15.2. The van der Waals surface area contributed by atoms with Crippen molar-refractivity contribution in [2.45, 2.75) is 0 Å². The molecule has 4 nitrogen and oxygen atoms in total. The first kappa shape index (κ1) is 14.6. The van der Waals surface area contributed by atoms with Gasteiger partial charge in [-0.15, -0.1) is 0 Å². The summed E-state index contributed by atoms with van der Waals surface area (Å²) in [5, 5.41) is 12.1. The SMILES string of the molecule is NCC#Cc1ccccc1NC(=O)c1c(O)cccc1F. The molecule has 0 aliphatic carbocycles. The standard InChI is InChI=1S/C16H13FN2O2/c17-12-7-3-9-14(20)15(12)16(21)19-13-8-2-1-5-11(13)6-4-10-18/h1-3,5,7-9,20H,10,18H2,(H,19,21). The van der Waals surface area contributed by atoms with Crippen molar-refractivity contribution in [3.05, 3.63) is 59.4 Å². The number of hydrogen-bond donors (Lipinski definition) is 3. The largest absolute Gasteiger partial charge is 0.507 e. The molecule has 2 rings (SSSR count). The van der Waals surface area contributed by atoms with Crippen LogP contribution >= 0.6 is 0 Å². The highest BCUT2D eigenvalue weighted by molar-refractivity contribution is 6.06. The third-order valence-corrected chi connectivity index (χ3v) is 2.72. The first-order valence-corrected chi connectivity index (χ1v) is 6.20. The normalized spacial score (nSPS) is 9.62. The Balaban J connectivity index is 2.32. The molecule has 106 valence electrons.